The highest BCUT2D eigenvalue weighted by Crippen LogP contribution is 2.23. The van der Waals surface area contributed by atoms with E-state index in [0.29, 0.717) is 0 Å². The lowest BCUT2D eigenvalue weighted by Gasteiger charge is -2.24. The van der Waals surface area contributed by atoms with Gasteiger partial charge in [-0.25, -0.2) is 0 Å². The van der Waals surface area contributed by atoms with Crippen molar-refractivity contribution in [2.24, 2.45) is 5.73 Å². The summed E-state index contributed by atoms with van der Waals surface area (Å²) in [5, 5.41) is 1.81. The Morgan fingerprint density at radius 1 is 1.58 bits per heavy atom. The molecule has 0 fully saturated rings. The van der Waals surface area contributed by atoms with Gasteiger partial charge in [0.25, 0.3) is 0 Å². The zero-order valence-corrected chi connectivity index (χ0v) is 8.20. The zero-order valence-electron chi connectivity index (χ0n) is 7.39. The largest absolute Gasteiger partial charge is 0.320 e. The van der Waals surface area contributed by atoms with Crippen LogP contribution in [0.5, 0.6) is 0 Å². The van der Waals surface area contributed by atoms with Crippen LogP contribution in [0.2, 0.25) is 0 Å². The lowest BCUT2D eigenvalue weighted by molar-refractivity contribution is 0.402. The van der Waals surface area contributed by atoms with Crippen LogP contribution in [0.3, 0.4) is 0 Å². The van der Waals surface area contributed by atoms with Crippen LogP contribution in [0.4, 0.5) is 0 Å². The molecule has 0 aromatic carbocycles. The molecule has 0 aliphatic rings. The number of hydrogen-bond donors (Lipinski definition) is 2. The topological polar surface area (TPSA) is 58.9 Å². The lowest BCUT2D eigenvalue weighted by atomic mass is 9.91. The van der Waals surface area contributed by atoms with Crippen molar-refractivity contribution in [2.45, 2.75) is 32.2 Å². The molecule has 0 aliphatic heterocycles. The van der Waals surface area contributed by atoms with Crippen LogP contribution >= 0.6 is 11.3 Å². The maximum Gasteiger partial charge on any atom is 0.304 e. The highest BCUT2D eigenvalue weighted by molar-refractivity contribution is 7.07. The Hall–Kier alpha value is -0.610. The SMILES string of the molecule is CCC(N)(CC)c1csc(=O)[nH]1. The Kier molecular flexibility index (Phi) is 2.69. The van der Waals surface area contributed by atoms with Crippen LogP contribution in [-0.2, 0) is 5.54 Å². The Morgan fingerprint density at radius 3 is 2.50 bits per heavy atom. The molecule has 1 rings (SSSR count). The summed E-state index contributed by atoms with van der Waals surface area (Å²) in [6, 6.07) is 0. The van der Waals surface area contributed by atoms with Crippen molar-refractivity contribution in [1.29, 1.82) is 0 Å². The van der Waals surface area contributed by atoms with E-state index in [0.717, 1.165) is 18.5 Å². The van der Waals surface area contributed by atoms with Crippen molar-refractivity contribution in [3.8, 4) is 0 Å². The summed E-state index contributed by atoms with van der Waals surface area (Å²) < 4.78 is 0. The van der Waals surface area contributed by atoms with Gasteiger partial charge in [-0.15, -0.1) is 0 Å². The quantitative estimate of drug-likeness (QED) is 0.749. The van der Waals surface area contributed by atoms with Gasteiger partial charge in [-0.3, -0.25) is 4.79 Å². The van der Waals surface area contributed by atoms with E-state index < -0.39 is 0 Å². The van der Waals surface area contributed by atoms with Gasteiger partial charge in [-0.05, 0) is 12.8 Å². The second kappa shape index (κ2) is 3.41. The number of nitrogens with one attached hydrogen (secondary N) is 1. The molecule has 0 radical (unpaired) electrons. The molecule has 0 saturated heterocycles. The van der Waals surface area contributed by atoms with Crippen LogP contribution in [0.1, 0.15) is 32.4 Å². The van der Waals surface area contributed by atoms with Gasteiger partial charge in [0.15, 0.2) is 0 Å². The first-order valence-corrected chi connectivity index (χ1v) is 4.97. The molecule has 0 aliphatic carbocycles. The van der Waals surface area contributed by atoms with E-state index in [1.807, 2.05) is 19.2 Å². The second-order valence-corrected chi connectivity index (χ2v) is 3.77. The molecule has 68 valence electrons. The summed E-state index contributed by atoms with van der Waals surface area (Å²) in [7, 11) is 0. The second-order valence-electron chi connectivity index (χ2n) is 2.93. The van der Waals surface area contributed by atoms with Gasteiger partial charge in [-0.1, -0.05) is 25.2 Å². The fourth-order valence-electron chi connectivity index (χ4n) is 1.15. The minimum absolute atomic E-state index is 0.0262. The maximum absolute atomic E-state index is 10.9. The monoisotopic (exact) mass is 186 g/mol. The molecule has 1 heterocycles. The molecule has 12 heavy (non-hydrogen) atoms. The molecule has 1 aromatic rings. The van der Waals surface area contributed by atoms with Crippen LogP contribution in [0, 0.1) is 0 Å². The van der Waals surface area contributed by atoms with Crippen LogP contribution in [0.25, 0.3) is 0 Å². The van der Waals surface area contributed by atoms with E-state index in [1.165, 1.54) is 11.3 Å². The Bertz CT molecular complexity index is 298. The Labute approximate surface area is 75.6 Å². The molecular weight excluding hydrogens is 172 g/mol. The third-order valence-corrected chi connectivity index (χ3v) is 2.99. The van der Waals surface area contributed by atoms with Gasteiger partial charge in [-0.2, -0.15) is 0 Å². The molecular formula is C8H14N2OS. The smallest absolute Gasteiger partial charge is 0.304 e. The molecule has 0 atom stereocenters. The zero-order chi connectivity index (χ0) is 9.19. The average molecular weight is 186 g/mol. The van der Waals surface area contributed by atoms with E-state index in [9.17, 15) is 4.79 Å². The van der Waals surface area contributed by atoms with E-state index in [2.05, 4.69) is 4.98 Å². The third kappa shape index (κ3) is 1.59. The van der Waals surface area contributed by atoms with E-state index in [-0.39, 0.29) is 10.4 Å². The first-order valence-electron chi connectivity index (χ1n) is 4.09. The summed E-state index contributed by atoms with van der Waals surface area (Å²) in [4.78, 5) is 13.6. The average Bonchev–Trinajstić information content (AvgIpc) is 2.51. The van der Waals surface area contributed by atoms with Gasteiger partial charge in [0.2, 0.25) is 0 Å². The van der Waals surface area contributed by atoms with Crippen LogP contribution in [0.15, 0.2) is 10.2 Å². The number of rotatable bonds is 3. The molecule has 3 nitrogen and oxygen atoms in total. The fourth-order valence-corrected chi connectivity index (χ4v) is 1.84. The van der Waals surface area contributed by atoms with Gasteiger partial charge in [0.1, 0.15) is 0 Å². The number of aromatic nitrogens is 1. The van der Waals surface area contributed by atoms with Gasteiger partial charge >= 0.3 is 4.87 Å². The fraction of sp³-hybridized carbons (Fsp3) is 0.625. The van der Waals surface area contributed by atoms with Crippen LogP contribution in [-0.4, -0.2) is 4.98 Å². The van der Waals surface area contributed by atoms with Crippen molar-refractivity contribution >= 4 is 11.3 Å². The van der Waals surface area contributed by atoms with Crippen LogP contribution < -0.4 is 10.6 Å². The molecule has 1 aromatic heterocycles. The predicted molar refractivity (Wildman–Crippen MR) is 51.4 cm³/mol. The Balaban J connectivity index is 3.02. The lowest BCUT2D eigenvalue weighted by Crippen LogP contribution is -2.35. The van der Waals surface area contributed by atoms with E-state index in [4.69, 9.17) is 5.73 Å². The van der Waals surface area contributed by atoms with Crippen molar-refractivity contribution < 1.29 is 0 Å². The molecule has 0 spiro atoms. The number of thiazole rings is 1. The van der Waals surface area contributed by atoms with Gasteiger partial charge in [0, 0.05) is 11.1 Å². The summed E-state index contributed by atoms with van der Waals surface area (Å²) in [6.07, 6.45) is 1.69. The molecule has 0 saturated carbocycles. The minimum Gasteiger partial charge on any atom is -0.320 e. The predicted octanol–water partition coefficient (Wildman–Crippen LogP) is 1.41. The highest BCUT2D eigenvalue weighted by atomic mass is 32.1. The number of hydrogen-bond acceptors (Lipinski definition) is 3. The first-order chi connectivity index (χ1) is 5.62. The van der Waals surface area contributed by atoms with Crippen molar-refractivity contribution in [3.05, 3.63) is 20.7 Å². The van der Waals surface area contributed by atoms with Gasteiger partial charge in [0.05, 0.1) is 5.54 Å². The molecule has 4 heteroatoms. The third-order valence-electron chi connectivity index (χ3n) is 2.32. The molecule has 3 N–H and O–H groups in total. The summed E-state index contributed by atoms with van der Waals surface area (Å²) >= 11 is 1.17. The van der Waals surface area contributed by atoms with Crippen molar-refractivity contribution in [1.82, 2.24) is 4.98 Å². The standard InChI is InChI=1S/C8H14N2OS/c1-3-8(9,4-2)6-5-12-7(11)10-6/h5H,3-4,9H2,1-2H3,(H,10,11). The molecule has 0 bridgehead atoms. The minimum atomic E-state index is -0.348. The summed E-state index contributed by atoms with van der Waals surface area (Å²) in [5.41, 5.74) is 6.58. The molecule has 0 amide bonds. The van der Waals surface area contributed by atoms with E-state index >= 15 is 0 Å². The Morgan fingerprint density at radius 2 is 2.17 bits per heavy atom. The first kappa shape index (κ1) is 9.48. The summed E-state index contributed by atoms with van der Waals surface area (Å²) in [5.74, 6) is 0. The molecule has 0 unspecified atom stereocenters. The number of aromatic amines is 1. The van der Waals surface area contributed by atoms with Gasteiger partial charge < -0.3 is 10.7 Å². The number of nitrogens with two attached hydrogens (primary N) is 1. The normalized spacial score (nSPS) is 11.9. The van der Waals surface area contributed by atoms with Crippen molar-refractivity contribution in [3.63, 3.8) is 0 Å². The van der Waals surface area contributed by atoms with E-state index in [1.54, 1.807) is 0 Å². The summed E-state index contributed by atoms with van der Waals surface area (Å²) in [6.45, 7) is 4.05. The van der Waals surface area contributed by atoms with Crippen molar-refractivity contribution in [2.75, 3.05) is 0 Å². The number of H-pyrrole nitrogens is 1. The maximum atomic E-state index is 10.9. The highest BCUT2D eigenvalue weighted by Gasteiger charge is 2.24.